The van der Waals surface area contributed by atoms with E-state index in [1.807, 2.05) is 19.1 Å². The Labute approximate surface area is 149 Å². The third kappa shape index (κ3) is 2.70. The second kappa shape index (κ2) is 6.18. The van der Waals surface area contributed by atoms with Crippen LogP contribution in [0.25, 0.3) is 0 Å². The van der Waals surface area contributed by atoms with Crippen LogP contribution in [0, 0.1) is 12.3 Å². The Hall–Kier alpha value is -2.35. The molecule has 25 heavy (non-hydrogen) atoms. The average Bonchev–Trinajstić information content (AvgIpc) is 3.20. The summed E-state index contributed by atoms with van der Waals surface area (Å²) in [6.45, 7) is 3.64. The van der Waals surface area contributed by atoms with Crippen LogP contribution in [0.4, 0.5) is 5.69 Å². The van der Waals surface area contributed by atoms with Gasteiger partial charge in [-0.25, -0.2) is 0 Å². The summed E-state index contributed by atoms with van der Waals surface area (Å²) >= 11 is 1.23. The molecule has 2 aromatic rings. The van der Waals surface area contributed by atoms with Gasteiger partial charge in [-0.15, -0.1) is 5.10 Å². The summed E-state index contributed by atoms with van der Waals surface area (Å²) < 4.78 is 3.86. The van der Waals surface area contributed by atoms with Gasteiger partial charge in [0.05, 0.1) is 22.2 Å². The standard InChI is InChI=1S/C17H19N5O2S/c1-12-14(19-20-25-12)15(23)21-8-3-5-17(11-21)6-9-22(16(17)24)13-4-2-7-18-10-13/h2,4,7,10H,3,5-6,8-9,11H2,1H3/t17-/m1/s1. The number of anilines is 1. The van der Waals surface area contributed by atoms with Gasteiger partial charge < -0.3 is 9.80 Å². The van der Waals surface area contributed by atoms with Gasteiger partial charge in [0.2, 0.25) is 5.91 Å². The largest absolute Gasteiger partial charge is 0.336 e. The SMILES string of the molecule is Cc1snnc1C(=O)N1CCC[C@@]2(CCN(c3cccnc3)C2=O)C1. The molecule has 2 aliphatic rings. The predicted octanol–water partition coefficient (Wildman–Crippen LogP) is 1.90. The Morgan fingerprint density at radius 1 is 1.32 bits per heavy atom. The minimum Gasteiger partial charge on any atom is -0.336 e. The molecule has 2 fully saturated rings. The highest BCUT2D eigenvalue weighted by atomic mass is 32.1. The van der Waals surface area contributed by atoms with Crippen molar-refractivity contribution >= 4 is 29.0 Å². The predicted molar refractivity (Wildman–Crippen MR) is 93.4 cm³/mol. The van der Waals surface area contributed by atoms with E-state index in [0.29, 0.717) is 25.3 Å². The lowest BCUT2D eigenvalue weighted by atomic mass is 9.78. The van der Waals surface area contributed by atoms with Gasteiger partial charge in [-0.3, -0.25) is 14.6 Å². The minimum absolute atomic E-state index is 0.103. The number of aryl methyl sites for hydroxylation is 1. The molecule has 4 rings (SSSR count). The Morgan fingerprint density at radius 3 is 2.92 bits per heavy atom. The number of piperidine rings is 1. The topological polar surface area (TPSA) is 79.3 Å². The number of carbonyl (C=O) groups excluding carboxylic acids is 2. The van der Waals surface area contributed by atoms with E-state index >= 15 is 0 Å². The molecule has 0 unspecified atom stereocenters. The van der Waals surface area contributed by atoms with E-state index in [2.05, 4.69) is 14.6 Å². The van der Waals surface area contributed by atoms with Crippen LogP contribution in [0.2, 0.25) is 0 Å². The molecule has 0 aliphatic carbocycles. The van der Waals surface area contributed by atoms with Gasteiger partial charge >= 0.3 is 0 Å². The normalized spacial score (nSPS) is 23.5. The Kier molecular flexibility index (Phi) is 3.99. The van der Waals surface area contributed by atoms with E-state index in [1.165, 1.54) is 11.5 Å². The fourth-order valence-corrected chi connectivity index (χ4v) is 4.30. The molecule has 2 amide bonds. The molecule has 1 spiro atoms. The summed E-state index contributed by atoms with van der Waals surface area (Å²) in [4.78, 5) is 34.4. The van der Waals surface area contributed by atoms with Crippen molar-refractivity contribution in [1.82, 2.24) is 19.5 Å². The number of hydrogen-bond donors (Lipinski definition) is 0. The molecule has 7 nitrogen and oxygen atoms in total. The van der Waals surface area contributed by atoms with Gasteiger partial charge in [-0.05, 0) is 49.9 Å². The van der Waals surface area contributed by atoms with Gasteiger partial charge in [0.1, 0.15) is 0 Å². The molecule has 8 heteroatoms. The van der Waals surface area contributed by atoms with Gasteiger partial charge in [0, 0.05) is 25.8 Å². The van der Waals surface area contributed by atoms with Crippen LogP contribution in [0.3, 0.4) is 0 Å². The summed E-state index contributed by atoms with van der Waals surface area (Å²) in [5, 5.41) is 3.96. The Morgan fingerprint density at radius 2 is 2.20 bits per heavy atom. The van der Waals surface area contributed by atoms with Crippen LogP contribution >= 0.6 is 11.5 Å². The molecule has 0 aromatic carbocycles. The summed E-state index contributed by atoms with van der Waals surface area (Å²) in [6.07, 6.45) is 5.83. The molecule has 0 bridgehead atoms. The number of likely N-dealkylation sites (tertiary alicyclic amines) is 1. The molecule has 0 N–H and O–H groups in total. The molecule has 4 heterocycles. The van der Waals surface area contributed by atoms with Crippen molar-refractivity contribution in [1.29, 1.82) is 0 Å². The van der Waals surface area contributed by atoms with Crippen molar-refractivity contribution in [2.24, 2.45) is 5.41 Å². The first-order valence-electron chi connectivity index (χ1n) is 8.41. The quantitative estimate of drug-likeness (QED) is 0.820. The second-order valence-electron chi connectivity index (χ2n) is 6.71. The first-order chi connectivity index (χ1) is 12.1. The van der Waals surface area contributed by atoms with Crippen LogP contribution in [0.15, 0.2) is 24.5 Å². The number of carbonyl (C=O) groups is 2. The maximum Gasteiger partial charge on any atom is 0.275 e. The summed E-state index contributed by atoms with van der Waals surface area (Å²) in [5.41, 5.74) is 0.755. The molecule has 2 saturated heterocycles. The number of amides is 2. The average molecular weight is 357 g/mol. The van der Waals surface area contributed by atoms with E-state index in [-0.39, 0.29) is 11.8 Å². The Bertz CT molecular complexity index is 808. The highest BCUT2D eigenvalue weighted by Crippen LogP contribution is 2.42. The van der Waals surface area contributed by atoms with Crippen molar-refractivity contribution in [3.05, 3.63) is 35.1 Å². The zero-order chi connectivity index (χ0) is 17.4. The maximum absolute atomic E-state index is 13.1. The molecule has 2 aromatic heterocycles. The Balaban J connectivity index is 1.56. The summed E-state index contributed by atoms with van der Waals surface area (Å²) in [7, 11) is 0. The number of pyridine rings is 1. The molecule has 0 radical (unpaired) electrons. The van der Waals surface area contributed by atoms with Crippen LogP contribution in [0.5, 0.6) is 0 Å². The van der Waals surface area contributed by atoms with Gasteiger partial charge in [0.25, 0.3) is 5.91 Å². The monoisotopic (exact) mass is 357 g/mol. The third-order valence-corrected chi connectivity index (χ3v) is 5.82. The molecular formula is C17H19N5O2S. The third-order valence-electron chi connectivity index (χ3n) is 5.19. The van der Waals surface area contributed by atoms with Crippen LogP contribution in [0.1, 0.15) is 34.6 Å². The fourth-order valence-electron chi connectivity index (χ4n) is 3.84. The zero-order valence-electron chi connectivity index (χ0n) is 14.0. The number of nitrogens with zero attached hydrogens (tertiary/aromatic N) is 5. The molecule has 1 atom stereocenters. The zero-order valence-corrected chi connectivity index (χ0v) is 14.8. The van der Waals surface area contributed by atoms with Gasteiger partial charge in [-0.1, -0.05) is 4.49 Å². The second-order valence-corrected chi connectivity index (χ2v) is 7.66. The van der Waals surface area contributed by atoms with Crippen molar-refractivity contribution in [2.75, 3.05) is 24.5 Å². The highest BCUT2D eigenvalue weighted by molar-refractivity contribution is 7.05. The molecule has 0 saturated carbocycles. The van der Waals surface area contributed by atoms with Crippen molar-refractivity contribution in [3.8, 4) is 0 Å². The minimum atomic E-state index is -0.485. The molecular weight excluding hydrogens is 338 g/mol. The number of rotatable bonds is 2. The van der Waals surface area contributed by atoms with Crippen molar-refractivity contribution in [3.63, 3.8) is 0 Å². The van der Waals surface area contributed by atoms with Gasteiger partial charge in [-0.2, -0.15) is 0 Å². The van der Waals surface area contributed by atoms with E-state index in [4.69, 9.17) is 0 Å². The van der Waals surface area contributed by atoms with Crippen molar-refractivity contribution < 1.29 is 9.59 Å². The smallest absolute Gasteiger partial charge is 0.275 e. The lowest BCUT2D eigenvalue weighted by molar-refractivity contribution is -0.127. The lowest BCUT2D eigenvalue weighted by Gasteiger charge is -2.38. The summed E-state index contributed by atoms with van der Waals surface area (Å²) in [5.74, 6) is -0.0101. The van der Waals surface area contributed by atoms with Crippen LogP contribution in [-0.4, -0.2) is 50.9 Å². The fraction of sp³-hybridized carbons (Fsp3) is 0.471. The maximum atomic E-state index is 13.1. The molecule has 130 valence electrons. The summed E-state index contributed by atoms with van der Waals surface area (Å²) in [6, 6.07) is 3.74. The van der Waals surface area contributed by atoms with Crippen LogP contribution < -0.4 is 4.90 Å². The van der Waals surface area contributed by atoms with E-state index in [1.54, 1.807) is 22.2 Å². The van der Waals surface area contributed by atoms with Crippen LogP contribution in [-0.2, 0) is 4.79 Å². The van der Waals surface area contributed by atoms with Gasteiger partial charge in [0.15, 0.2) is 5.69 Å². The molecule has 2 aliphatic heterocycles. The highest BCUT2D eigenvalue weighted by Gasteiger charge is 2.50. The van der Waals surface area contributed by atoms with E-state index < -0.39 is 5.41 Å². The number of hydrogen-bond acceptors (Lipinski definition) is 6. The first-order valence-corrected chi connectivity index (χ1v) is 9.18. The lowest BCUT2D eigenvalue weighted by Crippen LogP contribution is -2.50. The van der Waals surface area contributed by atoms with E-state index in [0.717, 1.165) is 29.8 Å². The number of aromatic nitrogens is 3. The van der Waals surface area contributed by atoms with E-state index in [9.17, 15) is 9.59 Å². The first kappa shape index (κ1) is 16.1. The van der Waals surface area contributed by atoms with Crippen molar-refractivity contribution in [2.45, 2.75) is 26.2 Å².